The van der Waals surface area contributed by atoms with E-state index in [1.54, 1.807) is 7.11 Å². The predicted molar refractivity (Wildman–Crippen MR) is 164 cm³/mol. The van der Waals surface area contributed by atoms with Gasteiger partial charge in [-0.15, -0.1) is 0 Å². The van der Waals surface area contributed by atoms with E-state index in [1.165, 1.54) is 5.56 Å². The first-order valence-corrected chi connectivity index (χ1v) is 14.0. The molecule has 7 rings (SSSR count). The zero-order valence-electron chi connectivity index (χ0n) is 22.9. The van der Waals surface area contributed by atoms with Crippen molar-refractivity contribution in [2.24, 2.45) is 0 Å². The fourth-order valence-corrected chi connectivity index (χ4v) is 5.91. The normalized spacial score (nSPS) is 17.9. The van der Waals surface area contributed by atoms with Gasteiger partial charge in [0.05, 0.1) is 23.7 Å². The van der Waals surface area contributed by atoms with Gasteiger partial charge in [0, 0.05) is 54.3 Å². The summed E-state index contributed by atoms with van der Waals surface area (Å²) in [5, 5.41) is 6.81. The molecular formula is C34H31N5O2. The van der Waals surface area contributed by atoms with Crippen LogP contribution in [0.15, 0.2) is 97.1 Å². The zero-order chi connectivity index (χ0) is 27.8. The van der Waals surface area contributed by atoms with Crippen molar-refractivity contribution in [3.05, 3.63) is 120 Å². The van der Waals surface area contributed by atoms with Crippen LogP contribution in [0.3, 0.4) is 0 Å². The fraction of sp³-hybridized carbons (Fsp3) is 0.176. The highest BCUT2D eigenvalue weighted by Crippen LogP contribution is 2.41. The summed E-state index contributed by atoms with van der Waals surface area (Å²) in [6, 6.07) is 32.8. The van der Waals surface area contributed by atoms with E-state index in [1.807, 2.05) is 54.6 Å². The summed E-state index contributed by atoms with van der Waals surface area (Å²) in [6.07, 6.45) is 1.07. The van der Waals surface area contributed by atoms with E-state index in [0.717, 1.165) is 70.9 Å². The highest BCUT2D eigenvalue weighted by molar-refractivity contribution is 6.38. The van der Waals surface area contributed by atoms with Crippen molar-refractivity contribution in [1.82, 2.24) is 14.9 Å². The Kier molecular flexibility index (Phi) is 6.49. The molecule has 0 bridgehead atoms. The Morgan fingerprint density at radius 1 is 1.00 bits per heavy atom. The highest BCUT2D eigenvalue weighted by Gasteiger charge is 2.31. The topological polar surface area (TPSA) is 82.3 Å². The Labute approximate surface area is 238 Å². The number of ether oxygens (including phenoxy) is 1. The van der Waals surface area contributed by atoms with Gasteiger partial charge in [-0.1, -0.05) is 60.7 Å². The van der Waals surface area contributed by atoms with Crippen LogP contribution < -0.4 is 15.4 Å². The molecule has 7 heteroatoms. The Morgan fingerprint density at radius 3 is 2.61 bits per heavy atom. The molecule has 2 aliphatic rings. The number of nitrogens with zero attached hydrogens (tertiary/aromatic N) is 2. The van der Waals surface area contributed by atoms with Crippen molar-refractivity contribution in [3.63, 3.8) is 0 Å². The zero-order valence-corrected chi connectivity index (χ0v) is 22.9. The van der Waals surface area contributed by atoms with Crippen LogP contribution in [0.1, 0.15) is 28.9 Å². The van der Waals surface area contributed by atoms with Crippen molar-refractivity contribution in [1.29, 1.82) is 0 Å². The number of hydrogen-bond donors (Lipinski definition) is 3. The Balaban J connectivity index is 1.24. The molecule has 0 saturated carbocycles. The summed E-state index contributed by atoms with van der Waals surface area (Å²) in [5.41, 5.74) is 7.97. The average molecular weight is 542 g/mol. The number of imidazole rings is 1. The molecule has 204 valence electrons. The molecular weight excluding hydrogens is 510 g/mol. The molecule has 3 N–H and O–H groups in total. The van der Waals surface area contributed by atoms with Gasteiger partial charge in [0.25, 0.3) is 5.91 Å². The molecule has 41 heavy (non-hydrogen) atoms. The third kappa shape index (κ3) is 4.96. The molecule has 4 aromatic carbocycles. The minimum absolute atomic E-state index is 0.135. The second-order valence-electron chi connectivity index (χ2n) is 10.6. The lowest BCUT2D eigenvalue weighted by molar-refractivity contribution is -0.110. The molecule has 1 unspecified atom stereocenters. The first kappa shape index (κ1) is 25.1. The van der Waals surface area contributed by atoms with Crippen LogP contribution in [0.4, 0.5) is 11.4 Å². The van der Waals surface area contributed by atoms with Crippen molar-refractivity contribution >= 4 is 39.5 Å². The number of carbonyl (C=O) groups excluding carboxylic acids is 1. The maximum absolute atomic E-state index is 13.5. The van der Waals surface area contributed by atoms with Gasteiger partial charge in [-0.2, -0.15) is 0 Å². The largest absolute Gasteiger partial charge is 0.497 e. The number of H-pyrrole nitrogens is 1. The van der Waals surface area contributed by atoms with E-state index in [0.29, 0.717) is 17.4 Å². The molecule has 1 saturated heterocycles. The van der Waals surface area contributed by atoms with Crippen LogP contribution in [0, 0.1) is 0 Å². The monoisotopic (exact) mass is 541 g/mol. The molecule has 1 amide bonds. The molecule has 2 aliphatic heterocycles. The summed E-state index contributed by atoms with van der Waals surface area (Å²) in [5.74, 6) is 1.24. The van der Waals surface area contributed by atoms with E-state index in [-0.39, 0.29) is 5.91 Å². The number of nitrogens with one attached hydrogen (secondary N) is 3. The second-order valence-corrected chi connectivity index (χ2v) is 10.6. The molecule has 7 nitrogen and oxygen atoms in total. The third-order valence-corrected chi connectivity index (χ3v) is 7.90. The number of rotatable bonds is 7. The predicted octanol–water partition coefficient (Wildman–Crippen LogP) is 6.17. The van der Waals surface area contributed by atoms with Crippen molar-refractivity contribution in [3.8, 4) is 5.75 Å². The molecule has 5 aromatic rings. The maximum atomic E-state index is 13.5. The first-order valence-electron chi connectivity index (χ1n) is 14.0. The summed E-state index contributed by atoms with van der Waals surface area (Å²) in [7, 11) is 1.64. The molecule has 0 spiro atoms. The number of aromatic amines is 1. The number of carbonyl (C=O) groups is 1. The molecule has 1 aromatic heterocycles. The quantitative estimate of drug-likeness (QED) is 0.215. The minimum Gasteiger partial charge on any atom is -0.497 e. The van der Waals surface area contributed by atoms with Crippen molar-refractivity contribution in [2.45, 2.75) is 19.0 Å². The van der Waals surface area contributed by atoms with Crippen LogP contribution in [0.5, 0.6) is 5.75 Å². The summed E-state index contributed by atoms with van der Waals surface area (Å²) < 4.78 is 5.40. The third-order valence-electron chi connectivity index (χ3n) is 7.90. The van der Waals surface area contributed by atoms with Gasteiger partial charge in [-0.25, -0.2) is 4.98 Å². The number of hydrogen-bond acceptors (Lipinski definition) is 5. The van der Waals surface area contributed by atoms with Gasteiger partial charge in [-0.05, 0) is 47.9 Å². The van der Waals surface area contributed by atoms with Crippen LogP contribution in [-0.4, -0.2) is 47.0 Å². The van der Waals surface area contributed by atoms with Gasteiger partial charge < -0.3 is 20.4 Å². The van der Waals surface area contributed by atoms with E-state index < -0.39 is 0 Å². The fourth-order valence-electron chi connectivity index (χ4n) is 5.91. The Morgan fingerprint density at radius 2 is 1.80 bits per heavy atom. The van der Waals surface area contributed by atoms with Crippen LogP contribution >= 0.6 is 0 Å². The lowest BCUT2D eigenvalue weighted by atomic mass is 9.94. The smallest absolute Gasteiger partial charge is 0.257 e. The van der Waals surface area contributed by atoms with Gasteiger partial charge in [0.1, 0.15) is 11.6 Å². The van der Waals surface area contributed by atoms with Gasteiger partial charge in [0.2, 0.25) is 0 Å². The number of benzene rings is 4. The number of aromatic nitrogens is 2. The van der Waals surface area contributed by atoms with Gasteiger partial charge >= 0.3 is 0 Å². The summed E-state index contributed by atoms with van der Waals surface area (Å²) in [6.45, 7) is 2.99. The minimum atomic E-state index is -0.135. The van der Waals surface area contributed by atoms with E-state index in [2.05, 4.69) is 63.0 Å². The lowest BCUT2D eigenvalue weighted by Gasteiger charge is -2.18. The highest BCUT2D eigenvalue weighted by atomic mass is 16.5. The van der Waals surface area contributed by atoms with Gasteiger partial charge in [0.15, 0.2) is 0 Å². The summed E-state index contributed by atoms with van der Waals surface area (Å²) in [4.78, 5) is 24.4. The Bertz CT molecular complexity index is 1760. The molecule has 1 atom stereocenters. The average Bonchev–Trinajstić information content (AvgIpc) is 3.71. The van der Waals surface area contributed by atoms with Crippen LogP contribution in [0.2, 0.25) is 0 Å². The van der Waals surface area contributed by atoms with E-state index >= 15 is 0 Å². The molecule has 1 fully saturated rings. The number of amides is 1. The standard InChI is InChI=1S/C34H31N5O2/c1-41-26-13-15-29-30(19-26)37-33(36-29)31(23-10-6-3-7-11-23)32-27-18-24(12-14-28(27)38-34(32)40)35-25-16-17-39(21-25)20-22-8-4-2-5-9-22/h2-15,18-19,25,35H,16-17,20-21H2,1H3,(H,36,37)(H,38,40)/b32-31-. The lowest BCUT2D eigenvalue weighted by Crippen LogP contribution is -2.25. The first-order chi connectivity index (χ1) is 20.1. The number of methoxy groups -OCH3 is 1. The van der Waals surface area contributed by atoms with E-state index in [4.69, 9.17) is 9.72 Å². The molecule has 0 radical (unpaired) electrons. The van der Waals surface area contributed by atoms with Crippen LogP contribution in [-0.2, 0) is 11.3 Å². The number of fused-ring (bicyclic) bond motifs is 2. The number of likely N-dealkylation sites (tertiary alicyclic amines) is 1. The van der Waals surface area contributed by atoms with Crippen LogP contribution in [0.25, 0.3) is 22.2 Å². The SMILES string of the molecule is COc1ccc2[nH]c(/C(=C3\C(=O)Nc4ccc(NC5CCN(Cc6ccccc6)C5)cc43)c3ccccc3)nc2c1. The molecule has 0 aliphatic carbocycles. The summed E-state index contributed by atoms with van der Waals surface area (Å²) >= 11 is 0. The van der Waals surface area contributed by atoms with Gasteiger partial charge in [-0.3, -0.25) is 9.69 Å². The van der Waals surface area contributed by atoms with E-state index in [9.17, 15) is 4.79 Å². The second kappa shape index (κ2) is 10.6. The Hall–Kier alpha value is -4.88. The maximum Gasteiger partial charge on any atom is 0.257 e. The van der Waals surface area contributed by atoms with Crippen molar-refractivity contribution < 1.29 is 9.53 Å². The number of anilines is 2. The van der Waals surface area contributed by atoms with Crippen molar-refractivity contribution in [2.75, 3.05) is 30.8 Å². The molecule has 3 heterocycles.